The van der Waals surface area contributed by atoms with Gasteiger partial charge in [0.05, 0.1) is 22.7 Å². The molecule has 0 aliphatic carbocycles. The van der Waals surface area contributed by atoms with Crippen molar-refractivity contribution < 1.29 is 13.2 Å². The van der Waals surface area contributed by atoms with Crippen LogP contribution in [0.1, 0.15) is 19.4 Å². The molecule has 19 heavy (non-hydrogen) atoms. The average Bonchev–Trinajstić information content (AvgIpc) is 2.37. The minimum absolute atomic E-state index is 0.0683. The molecule has 5 nitrogen and oxygen atoms in total. The van der Waals surface area contributed by atoms with Crippen molar-refractivity contribution in [2.45, 2.75) is 31.0 Å². The fraction of sp³-hybridized carbons (Fsp3) is 0.462. The van der Waals surface area contributed by atoms with Crippen LogP contribution in [-0.2, 0) is 14.8 Å². The number of nitrogens with zero attached hydrogens (tertiary/aromatic N) is 2. The number of morpholine rings is 1. The van der Waals surface area contributed by atoms with Crippen molar-refractivity contribution in [3.8, 4) is 6.07 Å². The lowest BCUT2D eigenvalue weighted by Gasteiger charge is -2.34. The van der Waals surface area contributed by atoms with Gasteiger partial charge in [0.15, 0.2) is 0 Å². The van der Waals surface area contributed by atoms with E-state index in [2.05, 4.69) is 0 Å². The smallest absolute Gasteiger partial charge is 0.244 e. The zero-order valence-electron chi connectivity index (χ0n) is 10.9. The lowest BCUT2D eigenvalue weighted by atomic mass is 10.2. The summed E-state index contributed by atoms with van der Waals surface area (Å²) in [7, 11) is -3.64. The number of nitriles is 1. The zero-order valence-corrected chi connectivity index (χ0v) is 11.7. The molecule has 1 aromatic rings. The molecule has 0 bridgehead atoms. The SMILES string of the molecule is C[C@H]1CN(S(=O)(=O)c2ccccc2C#N)C[C@H](C)O1. The van der Waals surface area contributed by atoms with Gasteiger partial charge in [0.25, 0.3) is 0 Å². The van der Waals surface area contributed by atoms with Gasteiger partial charge in [-0.05, 0) is 26.0 Å². The van der Waals surface area contributed by atoms with Gasteiger partial charge < -0.3 is 4.74 Å². The average molecular weight is 280 g/mol. The Kier molecular flexibility index (Phi) is 3.90. The molecule has 1 saturated heterocycles. The molecule has 1 heterocycles. The summed E-state index contributed by atoms with van der Waals surface area (Å²) in [5.41, 5.74) is 0.175. The Morgan fingerprint density at radius 1 is 1.26 bits per heavy atom. The predicted octanol–water partition coefficient (Wildman–Crippen LogP) is 1.36. The van der Waals surface area contributed by atoms with Crippen molar-refractivity contribution in [2.75, 3.05) is 13.1 Å². The summed E-state index contributed by atoms with van der Waals surface area (Å²) in [5, 5.41) is 9.03. The minimum atomic E-state index is -3.64. The van der Waals surface area contributed by atoms with E-state index in [0.29, 0.717) is 13.1 Å². The van der Waals surface area contributed by atoms with Gasteiger partial charge in [-0.2, -0.15) is 9.57 Å². The monoisotopic (exact) mass is 280 g/mol. The largest absolute Gasteiger partial charge is 0.373 e. The Morgan fingerprint density at radius 3 is 2.42 bits per heavy atom. The highest BCUT2D eigenvalue weighted by molar-refractivity contribution is 7.89. The molecule has 1 fully saturated rings. The van der Waals surface area contributed by atoms with Crippen LogP contribution in [0.15, 0.2) is 29.2 Å². The van der Waals surface area contributed by atoms with E-state index in [1.165, 1.54) is 16.4 Å². The second kappa shape index (κ2) is 5.29. The number of hydrogen-bond donors (Lipinski definition) is 0. The van der Waals surface area contributed by atoms with Crippen LogP contribution in [0.5, 0.6) is 0 Å². The third-order valence-electron chi connectivity index (χ3n) is 3.01. The molecule has 1 aliphatic heterocycles. The van der Waals surface area contributed by atoms with E-state index >= 15 is 0 Å². The van der Waals surface area contributed by atoms with E-state index in [4.69, 9.17) is 10.00 Å². The highest BCUT2D eigenvalue weighted by atomic mass is 32.2. The van der Waals surface area contributed by atoms with E-state index in [1.807, 2.05) is 19.9 Å². The summed E-state index contributed by atoms with van der Waals surface area (Å²) in [6.07, 6.45) is -0.291. The third-order valence-corrected chi connectivity index (χ3v) is 4.90. The summed E-state index contributed by atoms with van der Waals surface area (Å²) in [4.78, 5) is 0.0683. The molecular weight excluding hydrogens is 264 g/mol. The van der Waals surface area contributed by atoms with Crippen molar-refractivity contribution >= 4 is 10.0 Å². The van der Waals surface area contributed by atoms with Gasteiger partial charge in [0.1, 0.15) is 6.07 Å². The van der Waals surface area contributed by atoms with E-state index in [-0.39, 0.29) is 22.7 Å². The van der Waals surface area contributed by atoms with E-state index in [0.717, 1.165) is 0 Å². The molecule has 0 saturated carbocycles. The lowest BCUT2D eigenvalue weighted by Crippen LogP contribution is -2.48. The molecule has 2 atom stereocenters. The van der Waals surface area contributed by atoms with Crippen LogP contribution in [0.4, 0.5) is 0 Å². The highest BCUT2D eigenvalue weighted by Crippen LogP contribution is 2.23. The molecule has 0 N–H and O–H groups in total. The Balaban J connectivity index is 2.40. The molecule has 1 aliphatic rings. The maximum Gasteiger partial charge on any atom is 0.244 e. The van der Waals surface area contributed by atoms with Crippen LogP contribution in [0.2, 0.25) is 0 Å². The number of hydrogen-bond acceptors (Lipinski definition) is 4. The second-order valence-electron chi connectivity index (χ2n) is 4.69. The molecule has 102 valence electrons. The molecule has 2 rings (SSSR count). The van der Waals surface area contributed by atoms with Gasteiger partial charge in [0.2, 0.25) is 10.0 Å². The van der Waals surface area contributed by atoms with Crippen molar-refractivity contribution in [3.05, 3.63) is 29.8 Å². The molecule has 0 amide bonds. The predicted molar refractivity (Wildman–Crippen MR) is 69.9 cm³/mol. The van der Waals surface area contributed by atoms with Gasteiger partial charge in [-0.15, -0.1) is 0 Å². The molecule has 0 spiro atoms. The Morgan fingerprint density at radius 2 is 1.84 bits per heavy atom. The van der Waals surface area contributed by atoms with Crippen LogP contribution in [0.3, 0.4) is 0 Å². The number of rotatable bonds is 2. The Bertz CT molecular complexity index is 597. The van der Waals surface area contributed by atoms with Crippen molar-refractivity contribution in [3.63, 3.8) is 0 Å². The van der Waals surface area contributed by atoms with Crippen LogP contribution in [0.25, 0.3) is 0 Å². The summed E-state index contributed by atoms with van der Waals surface area (Å²) < 4.78 is 32.1. The first-order chi connectivity index (χ1) is 8.95. The molecular formula is C13H16N2O3S. The summed E-state index contributed by atoms with van der Waals surface area (Å²) >= 11 is 0. The van der Waals surface area contributed by atoms with Crippen molar-refractivity contribution in [1.29, 1.82) is 5.26 Å². The molecule has 0 unspecified atom stereocenters. The van der Waals surface area contributed by atoms with E-state index in [1.54, 1.807) is 12.1 Å². The van der Waals surface area contributed by atoms with Gasteiger partial charge >= 0.3 is 0 Å². The molecule has 6 heteroatoms. The number of ether oxygens (including phenoxy) is 1. The fourth-order valence-electron chi connectivity index (χ4n) is 2.25. The quantitative estimate of drug-likeness (QED) is 0.820. The second-order valence-corrected chi connectivity index (χ2v) is 6.59. The van der Waals surface area contributed by atoms with Gasteiger partial charge in [-0.3, -0.25) is 0 Å². The van der Waals surface area contributed by atoms with Crippen molar-refractivity contribution in [2.24, 2.45) is 0 Å². The maximum absolute atomic E-state index is 12.6. The lowest BCUT2D eigenvalue weighted by molar-refractivity contribution is -0.0440. The summed E-state index contributed by atoms with van der Waals surface area (Å²) in [5.74, 6) is 0. The Labute approximate surface area is 113 Å². The number of benzene rings is 1. The van der Waals surface area contributed by atoms with Gasteiger partial charge in [-0.1, -0.05) is 12.1 Å². The zero-order chi connectivity index (χ0) is 14.0. The van der Waals surface area contributed by atoms with Crippen molar-refractivity contribution in [1.82, 2.24) is 4.31 Å². The van der Waals surface area contributed by atoms with Crippen LogP contribution in [-0.4, -0.2) is 38.0 Å². The molecule has 0 radical (unpaired) electrons. The van der Waals surface area contributed by atoms with E-state index in [9.17, 15) is 8.42 Å². The first-order valence-electron chi connectivity index (χ1n) is 6.10. The van der Waals surface area contributed by atoms with Crippen LogP contribution in [0, 0.1) is 11.3 Å². The highest BCUT2D eigenvalue weighted by Gasteiger charge is 2.33. The maximum atomic E-state index is 12.6. The Hall–Kier alpha value is -1.42. The first-order valence-corrected chi connectivity index (χ1v) is 7.54. The summed E-state index contributed by atoms with van der Waals surface area (Å²) in [6, 6.07) is 8.19. The summed E-state index contributed by atoms with van der Waals surface area (Å²) in [6.45, 7) is 4.31. The molecule has 1 aromatic carbocycles. The third kappa shape index (κ3) is 2.78. The van der Waals surface area contributed by atoms with Crippen LogP contribution >= 0.6 is 0 Å². The topological polar surface area (TPSA) is 70.4 Å². The van der Waals surface area contributed by atoms with E-state index < -0.39 is 10.0 Å². The normalized spacial score (nSPS) is 24.9. The molecule has 0 aromatic heterocycles. The first kappa shape index (κ1) is 14.0. The fourth-order valence-corrected chi connectivity index (χ4v) is 3.98. The minimum Gasteiger partial charge on any atom is -0.373 e. The van der Waals surface area contributed by atoms with Gasteiger partial charge in [-0.25, -0.2) is 8.42 Å². The standard InChI is InChI=1S/C13H16N2O3S/c1-10-8-15(9-11(2)18-10)19(16,17)13-6-4-3-5-12(13)7-14/h3-6,10-11H,8-9H2,1-2H3/t10-,11-/m0/s1. The number of sulfonamides is 1. The van der Waals surface area contributed by atoms with Gasteiger partial charge in [0, 0.05) is 13.1 Å². The van der Waals surface area contributed by atoms with Crippen LogP contribution < -0.4 is 0 Å².